The van der Waals surface area contributed by atoms with E-state index >= 15 is 0 Å². The summed E-state index contributed by atoms with van der Waals surface area (Å²) in [6.07, 6.45) is 2.40. The fourth-order valence-electron chi connectivity index (χ4n) is 3.38. The smallest absolute Gasteiger partial charge is 0.362 e. The van der Waals surface area contributed by atoms with Crippen LogP contribution in [0.5, 0.6) is 0 Å². The molecule has 1 amide bonds. The van der Waals surface area contributed by atoms with E-state index in [0.29, 0.717) is 19.5 Å². The van der Waals surface area contributed by atoms with Crippen molar-refractivity contribution in [3.05, 3.63) is 52.9 Å². The Morgan fingerprint density at radius 1 is 1.41 bits per heavy atom. The Balaban J connectivity index is 1.49. The SMILES string of the molecule is O=C(NCCCn1ccnc1)c1cnn2c1N[C@@H](c1cccs1)C[C@H]2C(F)(F)F. The number of anilines is 1. The number of amides is 1. The van der Waals surface area contributed by atoms with Gasteiger partial charge in [0.2, 0.25) is 0 Å². The first-order valence-corrected chi connectivity index (χ1v) is 9.99. The molecule has 2 N–H and O–H groups in total. The highest BCUT2D eigenvalue weighted by Gasteiger charge is 2.47. The van der Waals surface area contributed by atoms with Crippen molar-refractivity contribution in [1.82, 2.24) is 24.6 Å². The number of nitrogens with zero attached hydrogens (tertiary/aromatic N) is 4. The lowest BCUT2D eigenvalue weighted by atomic mass is 10.0. The lowest BCUT2D eigenvalue weighted by molar-refractivity contribution is -0.173. The van der Waals surface area contributed by atoms with Gasteiger partial charge in [-0.15, -0.1) is 11.3 Å². The first-order chi connectivity index (χ1) is 13.9. The summed E-state index contributed by atoms with van der Waals surface area (Å²) < 4.78 is 43.7. The maximum atomic E-state index is 13.6. The largest absolute Gasteiger partial charge is 0.410 e. The van der Waals surface area contributed by atoms with Gasteiger partial charge in [-0.25, -0.2) is 9.67 Å². The Hall–Kier alpha value is -2.82. The van der Waals surface area contributed by atoms with Crippen molar-refractivity contribution in [2.24, 2.45) is 0 Å². The number of aromatic nitrogens is 4. The summed E-state index contributed by atoms with van der Waals surface area (Å²) >= 11 is 1.38. The summed E-state index contributed by atoms with van der Waals surface area (Å²) in [4.78, 5) is 17.3. The molecule has 4 heterocycles. The number of imidazole rings is 1. The Labute approximate surface area is 168 Å². The first kappa shape index (κ1) is 19.5. The predicted molar refractivity (Wildman–Crippen MR) is 102 cm³/mol. The quantitative estimate of drug-likeness (QED) is 0.593. The number of hydrogen-bond donors (Lipinski definition) is 2. The standard InChI is InChI=1S/C18H19F3N6OS/c19-18(20,21)15-9-13(14-3-1-8-29-14)25-16-12(10-24-27(15)16)17(28)23-4-2-6-26-7-5-22-11-26/h1,3,5,7-8,10-11,13,15,25H,2,4,6,9H2,(H,23,28)/t13-,15+/m1/s1. The molecular formula is C18H19F3N6OS. The van der Waals surface area contributed by atoms with Gasteiger partial charge in [0.25, 0.3) is 5.91 Å². The molecule has 154 valence electrons. The monoisotopic (exact) mass is 424 g/mol. The van der Waals surface area contributed by atoms with Crippen LogP contribution in [0.4, 0.5) is 19.0 Å². The molecule has 29 heavy (non-hydrogen) atoms. The summed E-state index contributed by atoms with van der Waals surface area (Å²) in [7, 11) is 0. The second-order valence-electron chi connectivity index (χ2n) is 6.77. The second-order valence-corrected chi connectivity index (χ2v) is 7.75. The van der Waals surface area contributed by atoms with Crippen LogP contribution in [0, 0.1) is 0 Å². The number of fused-ring (bicyclic) bond motifs is 1. The zero-order valence-electron chi connectivity index (χ0n) is 15.3. The van der Waals surface area contributed by atoms with Crippen molar-refractivity contribution in [1.29, 1.82) is 0 Å². The van der Waals surface area contributed by atoms with Crippen molar-refractivity contribution in [3.63, 3.8) is 0 Å². The number of hydrogen-bond acceptors (Lipinski definition) is 5. The molecule has 1 aliphatic heterocycles. The highest BCUT2D eigenvalue weighted by molar-refractivity contribution is 7.10. The molecule has 0 fully saturated rings. The fraction of sp³-hybridized carbons (Fsp3) is 0.389. The van der Waals surface area contributed by atoms with Crippen molar-refractivity contribution in [2.75, 3.05) is 11.9 Å². The molecule has 3 aromatic rings. The van der Waals surface area contributed by atoms with Crippen LogP contribution >= 0.6 is 11.3 Å². The molecule has 1 aliphatic rings. The average Bonchev–Trinajstić information content (AvgIpc) is 3.45. The van der Waals surface area contributed by atoms with E-state index in [0.717, 1.165) is 9.56 Å². The third-order valence-corrected chi connectivity index (χ3v) is 5.79. The van der Waals surface area contributed by atoms with Crippen molar-refractivity contribution < 1.29 is 18.0 Å². The Kier molecular flexibility index (Phi) is 5.31. The van der Waals surface area contributed by atoms with Crippen LogP contribution in [0.1, 0.15) is 40.2 Å². The van der Waals surface area contributed by atoms with Crippen molar-refractivity contribution >= 4 is 23.1 Å². The summed E-state index contributed by atoms with van der Waals surface area (Å²) in [5, 5.41) is 11.5. The number of halogens is 3. The minimum atomic E-state index is -4.46. The van der Waals surface area contributed by atoms with E-state index in [4.69, 9.17) is 0 Å². The van der Waals surface area contributed by atoms with E-state index in [1.54, 1.807) is 24.7 Å². The maximum absolute atomic E-state index is 13.6. The van der Waals surface area contributed by atoms with Crippen molar-refractivity contribution in [2.45, 2.75) is 37.6 Å². The Morgan fingerprint density at radius 3 is 2.97 bits per heavy atom. The molecule has 0 spiro atoms. The van der Waals surface area contributed by atoms with Gasteiger partial charge in [-0.2, -0.15) is 18.3 Å². The van der Waals surface area contributed by atoms with Crippen LogP contribution in [0.15, 0.2) is 42.4 Å². The number of nitrogens with one attached hydrogen (secondary N) is 2. The van der Waals surface area contributed by atoms with Crippen LogP contribution in [0.2, 0.25) is 0 Å². The van der Waals surface area contributed by atoms with Gasteiger partial charge in [0.1, 0.15) is 11.4 Å². The lowest BCUT2D eigenvalue weighted by Gasteiger charge is -2.33. The van der Waals surface area contributed by atoms with Crippen molar-refractivity contribution in [3.8, 4) is 0 Å². The van der Waals surface area contributed by atoms with Gasteiger partial charge in [-0.1, -0.05) is 6.07 Å². The maximum Gasteiger partial charge on any atom is 0.410 e. The third kappa shape index (κ3) is 4.14. The molecular weight excluding hydrogens is 405 g/mol. The van der Waals surface area contributed by atoms with Gasteiger partial charge in [0.15, 0.2) is 6.04 Å². The molecule has 0 radical (unpaired) electrons. The molecule has 3 aromatic heterocycles. The van der Waals surface area contributed by atoms with Crippen LogP contribution in [0.3, 0.4) is 0 Å². The van der Waals surface area contributed by atoms with Crippen LogP contribution in [0.25, 0.3) is 0 Å². The number of alkyl halides is 3. The summed E-state index contributed by atoms with van der Waals surface area (Å²) in [5.74, 6) is -0.346. The van der Waals surface area contributed by atoms with E-state index in [1.807, 2.05) is 16.1 Å². The molecule has 0 saturated heterocycles. The summed E-state index contributed by atoms with van der Waals surface area (Å²) in [6, 6.07) is 1.27. The van der Waals surface area contributed by atoms with Gasteiger partial charge >= 0.3 is 6.18 Å². The minimum Gasteiger partial charge on any atom is -0.362 e. The summed E-state index contributed by atoms with van der Waals surface area (Å²) in [5.41, 5.74) is 0.114. The molecule has 0 unspecified atom stereocenters. The van der Waals surface area contributed by atoms with Gasteiger partial charge in [-0.3, -0.25) is 4.79 Å². The van der Waals surface area contributed by atoms with Gasteiger partial charge in [-0.05, 0) is 17.9 Å². The van der Waals surface area contributed by atoms with Gasteiger partial charge < -0.3 is 15.2 Å². The zero-order chi connectivity index (χ0) is 20.4. The molecule has 0 aliphatic carbocycles. The topological polar surface area (TPSA) is 76.8 Å². The number of rotatable bonds is 6. The van der Waals surface area contributed by atoms with Gasteiger partial charge in [0, 0.05) is 36.8 Å². The zero-order valence-corrected chi connectivity index (χ0v) is 16.1. The van der Waals surface area contributed by atoms with Gasteiger partial charge in [0.05, 0.1) is 18.6 Å². The molecule has 4 rings (SSSR count). The molecule has 0 bridgehead atoms. The predicted octanol–water partition coefficient (Wildman–Crippen LogP) is 3.62. The van der Waals surface area contributed by atoms with Crippen LogP contribution in [-0.4, -0.2) is 38.0 Å². The first-order valence-electron chi connectivity index (χ1n) is 9.11. The lowest BCUT2D eigenvalue weighted by Crippen LogP contribution is -2.36. The normalized spacial score (nSPS) is 18.9. The Morgan fingerprint density at radius 2 is 2.28 bits per heavy atom. The number of aryl methyl sites for hydroxylation is 1. The molecule has 0 aromatic carbocycles. The Bertz CT molecular complexity index is 951. The molecule has 11 heteroatoms. The van der Waals surface area contributed by atoms with E-state index < -0.39 is 24.2 Å². The van der Waals surface area contributed by atoms with Crippen LogP contribution in [-0.2, 0) is 6.54 Å². The molecule has 0 saturated carbocycles. The van der Waals surface area contributed by atoms with E-state index in [9.17, 15) is 18.0 Å². The number of carbonyl (C=O) groups excluding carboxylic acids is 1. The number of carbonyl (C=O) groups is 1. The highest BCUT2D eigenvalue weighted by atomic mass is 32.1. The molecule has 2 atom stereocenters. The molecule has 7 nitrogen and oxygen atoms in total. The van der Waals surface area contributed by atoms with E-state index in [2.05, 4.69) is 20.7 Å². The third-order valence-electron chi connectivity index (χ3n) is 4.81. The van der Waals surface area contributed by atoms with E-state index in [-0.39, 0.29) is 17.8 Å². The second kappa shape index (κ2) is 7.90. The summed E-state index contributed by atoms with van der Waals surface area (Å²) in [6.45, 7) is 1.07. The average molecular weight is 424 g/mol. The fourth-order valence-corrected chi connectivity index (χ4v) is 4.17. The minimum absolute atomic E-state index is 0.101. The number of thiophene rings is 1. The van der Waals surface area contributed by atoms with E-state index in [1.165, 1.54) is 17.5 Å². The van der Waals surface area contributed by atoms with Crippen LogP contribution < -0.4 is 10.6 Å². The highest BCUT2D eigenvalue weighted by Crippen LogP contribution is 2.44.